The molecule has 0 atom stereocenters. The molecule has 2 aromatic heterocycles. The molecule has 0 aliphatic rings. The summed E-state index contributed by atoms with van der Waals surface area (Å²) in [4.78, 5) is 26.4. The summed E-state index contributed by atoms with van der Waals surface area (Å²) < 4.78 is 6.59. The zero-order chi connectivity index (χ0) is 18.7. The van der Waals surface area contributed by atoms with Crippen molar-refractivity contribution in [2.75, 3.05) is 30.9 Å². The number of carbonyl (C=O) groups is 2. The first-order chi connectivity index (χ1) is 12.5. The molecule has 1 N–H and O–H groups in total. The predicted octanol–water partition coefficient (Wildman–Crippen LogP) is 2.83. The molecule has 134 valence electrons. The van der Waals surface area contributed by atoms with E-state index in [0.29, 0.717) is 22.3 Å². The van der Waals surface area contributed by atoms with Gasteiger partial charge in [0.15, 0.2) is 0 Å². The maximum atomic E-state index is 12.5. The lowest BCUT2D eigenvalue weighted by molar-refractivity contribution is 0.0528. The second-order valence-corrected chi connectivity index (χ2v) is 5.92. The van der Waals surface area contributed by atoms with E-state index in [9.17, 15) is 9.59 Å². The highest BCUT2D eigenvalue weighted by atomic mass is 16.5. The van der Waals surface area contributed by atoms with Crippen LogP contribution in [-0.4, -0.2) is 42.2 Å². The Morgan fingerprint density at radius 1 is 1.19 bits per heavy atom. The van der Waals surface area contributed by atoms with Crippen molar-refractivity contribution in [3.63, 3.8) is 0 Å². The molecule has 1 amide bonds. The highest BCUT2D eigenvalue weighted by molar-refractivity contribution is 6.05. The molecule has 3 aromatic rings. The Morgan fingerprint density at radius 3 is 2.58 bits per heavy atom. The number of nitrogens with one attached hydrogen (secondary N) is 1. The number of pyridine rings is 1. The first kappa shape index (κ1) is 17.5. The number of aromatic nitrogens is 2. The molecule has 0 radical (unpaired) electrons. The molecule has 7 nitrogen and oxygen atoms in total. The molecule has 0 bridgehead atoms. The van der Waals surface area contributed by atoms with E-state index in [0.717, 1.165) is 5.69 Å². The number of esters is 1. The molecule has 0 fully saturated rings. The van der Waals surface area contributed by atoms with E-state index in [4.69, 9.17) is 4.74 Å². The van der Waals surface area contributed by atoms with Crippen LogP contribution in [0.3, 0.4) is 0 Å². The number of hydrogen-bond acceptors (Lipinski definition) is 5. The van der Waals surface area contributed by atoms with E-state index in [1.54, 1.807) is 41.9 Å². The van der Waals surface area contributed by atoms with Crippen LogP contribution in [-0.2, 0) is 4.74 Å². The molecule has 0 aliphatic heterocycles. The largest absolute Gasteiger partial charge is 0.462 e. The van der Waals surface area contributed by atoms with E-state index in [1.165, 1.54) is 6.20 Å². The van der Waals surface area contributed by atoms with Crippen molar-refractivity contribution in [1.29, 1.82) is 0 Å². The number of rotatable bonds is 5. The molecule has 1 aromatic carbocycles. The third-order valence-electron chi connectivity index (χ3n) is 3.92. The Hall–Kier alpha value is -3.35. The van der Waals surface area contributed by atoms with E-state index in [-0.39, 0.29) is 12.5 Å². The Labute approximate surface area is 151 Å². The molecular weight excluding hydrogens is 332 g/mol. The number of amides is 1. The van der Waals surface area contributed by atoms with Gasteiger partial charge in [0.1, 0.15) is 5.56 Å². The summed E-state index contributed by atoms with van der Waals surface area (Å²) in [6.07, 6.45) is 3.14. The van der Waals surface area contributed by atoms with Crippen LogP contribution in [0.2, 0.25) is 0 Å². The Morgan fingerprint density at radius 2 is 1.92 bits per heavy atom. The maximum absolute atomic E-state index is 12.5. The van der Waals surface area contributed by atoms with Gasteiger partial charge in [0.25, 0.3) is 5.91 Å². The zero-order valence-corrected chi connectivity index (χ0v) is 14.9. The van der Waals surface area contributed by atoms with E-state index >= 15 is 0 Å². The lowest BCUT2D eigenvalue weighted by Crippen LogP contribution is -2.13. The first-order valence-corrected chi connectivity index (χ1v) is 8.23. The van der Waals surface area contributed by atoms with E-state index < -0.39 is 5.97 Å². The van der Waals surface area contributed by atoms with Gasteiger partial charge < -0.3 is 15.0 Å². The van der Waals surface area contributed by atoms with E-state index in [2.05, 4.69) is 10.4 Å². The Bertz CT molecular complexity index is 945. The van der Waals surface area contributed by atoms with Crippen LogP contribution >= 0.6 is 0 Å². The van der Waals surface area contributed by atoms with Gasteiger partial charge in [0.05, 0.1) is 18.3 Å². The van der Waals surface area contributed by atoms with Crippen LogP contribution < -0.4 is 10.2 Å². The van der Waals surface area contributed by atoms with Crippen molar-refractivity contribution in [2.24, 2.45) is 0 Å². The second kappa shape index (κ2) is 7.26. The minimum atomic E-state index is -0.440. The zero-order valence-electron chi connectivity index (χ0n) is 14.9. The fourth-order valence-corrected chi connectivity index (χ4v) is 2.54. The predicted molar refractivity (Wildman–Crippen MR) is 99.9 cm³/mol. The topological polar surface area (TPSA) is 75.9 Å². The van der Waals surface area contributed by atoms with Gasteiger partial charge in [-0.3, -0.25) is 4.79 Å². The number of fused-ring (bicyclic) bond motifs is 1. The molecule has 0 unspecified atom stereocenters. The Balaban J connectivity index is 1.83. The standard InChI is InChI=1S/C19H20N4O3/c1-4-26-19(25)16-12-20-23-10-9-14(11-17(16)23)21-18(24)13-5-7-15(8-6-13)22(2)3/h5-12H,4H2,1-3H3,(H,21,24). The number of carbonyl (C=O) groups excluding carboxylic acids is 2. The molecule has 0 spiro atoms. The maximum Gasteiger partial charge on any atom is 0.341 e. The lowest BCUT2D eigenvalue weighted by Gasteiger charge is -2.12. The number of anilines is 2. The highest BCUT2D eigenvalue weighted by Crippen LogP contribution is 2.18. The fraction of sp³-hybridized carbons (Fsp3) is 0.211. The van der Waals surface area contributed by atoms with Gasteiger partial charge in [-0.25, -0.2) is 9.31 Å². The number of ether oxygens (including phenoxy) is 1. The fourth-order valence-electron chi connectivity index (χ4n) is 2.54. The van der Waals surface area contributed by atoms with Crippen molar-refractivity contribution >= 4 is 28.8 Å². The summed E-state index contributed by atoms with van der Waals surface area (Å²) in [5.74, 6) is -0.665. The third-order valence-corrected chi connectivity index (χ3v) is 3.92. The van der Waals surface area contributed by atoms with Crippen molar-refractivity contribution in [3.05, 3.63) is 59.9 Å². The summed E-state index contributed by atoms with van der Waals surface area (Å²) in [6.45, 7) is 2.03. The summed E-state index contributed by atoms with van der Waals surface area (Å²) >= 11 is 0. The number of hydrogen-bond donors (Lipinski definition) is 1. The molecule has 2 heterocycles. The average Bonchev–Trinajstić information content (AvgIpc) is 3.05. The molecule has 0 saturated heterocycles. The van der Waals surface area contributed by atoms with Crippen LogP contribution in [0.25, 0.3) is 5.52 Å². The van der Waals surface area contributed by atoms with Crippen molar-refractivity contribution in [3.8, 4) is 0 Å². The third kappa shape index (κ3) is 3.51. The highest BCUT2D eigenvalue weighted by Gasteiger charge is 2.15. The van der Waals surface area contributed by atoms with Crippen LogP contribution in [0.4, 0.5) is 11.4 Å². The normalized spacial score (nSPS) is 10.6. The van der Waals surface area contributed by atoms with Crippen LogP contribution in [0.5, 0.6) is 0 Å². The summed E-state index contributed by atoms with van der Waals surface area (Å²) in [7, 11) is 3.88. The van der Waals surface area contributed by atoms with Gasteiger partial charge in [-0.05, 0) is 43.3 Å². The summed E-state index contributed by atoms with van der Waals surface area (Å²) in [5, 5.41) is 6.97. The Kier molecular flexibility index (Phi) is 4.88. The van der Waals surface area contributed by atoms with Gasteiger partial charge in [-0.1, -0.05) is 0 Å². The lowest BCUT2D eigenvalue weighted by atomic mass is 10.2. The number of nitrogens with zero attached hydrogens (tertiary/aromatic N) is 3. The molecule has 0 saturated carbocycles. The van der Waals surface area contributed by atoms with Gasteiger partial charge in [-0.2, -0.15) is 5.10 Å². The van der Waals surface area contributed by atoms with Gasteiger partial charge in [-0.15, -0.1) is 0 Å². The van der Waals surface area contributed by atoms with Crippen LogP contribution in [0.15, 0.2) is 48.8 Å². The smallest absolute Gasteiger partial charge is 0.341 e. The van der Waals surface area contributed by atoms with Gasteiger partial charge in [0.2, 0.25) is 0 Å². The minimum Gasteiger partial charge on any atom is -0.462 e. The molecule has 7 heteroatoms. The second-order valence-electron chi connectivity index (χ2n) is 5.92. The molecule has 0 aliphatic carbocycles. The average molecular weight is 352 g/mol. The quantitative estimate of drug-likeness (QED) is 0.715. The first-order valence-electron chi connectivity index (χ1n) is 8.23. The van der Waals surface area contributed by atoms with Gasteiger partial charge >= 0.3 is 5.97 Å². The summed E-state index contributed by atoms with van der Waals surface area (Å²) in [5.41, 5.74) is 3.07. The van der Waals surface area contributed by atoms with Gasteiger partial charge in [0, 0.05) is 37.2 Å². The molecule has 26 heavy (non-hydrogen) atoms. The summed E-state index contributed by atoms with van der Waals surface area (Å²) in [6, 6.07) is 10.7. The minimum absolute atomic E-state index is 0.225. The van der Waals surface area contributed by atoms with Crippen molar-refractivity contribution in [2.45, 2.75) is 6.92 Å². The number of benzene rings is 1. The van der Waals surface area contributed by atoms with Crippen LogP contribution in [0.1, 0.15) is 27.6 Å². The van der Waals surface area contributed by atoms with E-state index in [1.807, 2.05) is 31.1 Å². The van der Waals surface area contributed by atoms with Crippen molar-refractivity contribution in [1.82, 2.24) is 9.61 Å². The molecule has 3 rings (SSSR count). The van der Waals surface area contributed by atoms with Crippen LogP contribution in [0, 0.1) is 0 Å². The van der Waals surface area contributed by atoms with Crippen molar-refractivity contribution < 1.29 is 14.3 Å². The monoisotopic (exact) mass is 352 g/mol. The molecular formula is C19H20N4O3. The SMILES string of the molecule is CCOC(=O)c1cnn2ccc(NC(=O)c3ccc(N(C)C)cc3)cc12.